The van der Waals surface area contributed by atoms with Crippen molar-refractivity contribution in [3.8, 4) is 0 Å². The quantitative estimate of drug-likeness (QED) is 0.594. The molecule has 0 bridgehead atoms. The SMILES string of the molecule is CCC(C)CCCCc1ccc(C(F)(F)F)cc1. The van der Waals surface area contributed by atoms with Gasteiger partial charge in [0.1, 0.15) is 0 Å². The third-order valence-corrected chi connectivity index (χ3v) is 3.39. The number of hydrogen-bond acceptors (Lipinski definition) is 0. The van der Waals surface area contributed by atoms with Gasteiger partial charge in [-0.3, -0.25) is 0 Å². The molecule has 1 rings (SSSR count). The van der Waals surface area contributed by atoms with Crippen molar-refractivity contribution in [3.63, 3.8) is 0 Å². The second-order valence-corrected chi connectivity index (χ2v) is 4.95. The zero-order valence-corrected chi connectivity index (χ0v) is 11.1. The Morgan fingerprint density at radius 3 is 2.17 bits per heavy atom. The van der Waals surface area contributed by atoms with Crippen molar-refractivity contribution in [2.75, 3.05) is 0 Å². The van der Waals surface area contributed by atoms with Crippen molar-refractivity contribution in [1.82, 2.24) is 0 Å². The van der Waals surface area contributed by atoms with E-state index in [1.807, 2.05) is 0 Å². The second-order valence-electron chi connectivity index (χ2n) is 4.95. The average Bonchev–Trinajstić information content (AvgIpc) is 2.33. The molecule has 0 saturated heterocycles. The van der Waals surface area contributed by atoms with Gasteiger partial charge in [0.25, 0.3) is 0 Å². The van der Waals surface area contributed by atoms with Crippen molar-refractivity contribution in [2.24, 2.45) is 5.92 Å². The highest BCUT2D eigenvalue weighted by Gasteiger charge is 2.29. The fraction of sp³-hybridized carbons (Fsp3) is 0.600. The molecule has 0 saturated carbocycles. The van der Waals surface area contributed by atoms with Gasteiger partial charge in [-0.05, 0) is 36.5 Å². The summed E-state index contributed by atoms with van der Waals surface area (Å²) in [5, 5.41) is 0. The Bertz CT molecular complexity index is 338. The van der Waals surface area contributed by atoms with Gasteiger partial charge in [0.05, 0.1) is 5.56 Å². The molecule has 0 amide bonds. The van der Waals surface area contributed by atoms with Crippen molar-refractivity contribution in [3.05, 3.63) is 35.4 Å². The Morgan fingerprint density at radius 2 is 1.67 bits per heavy atom. The van der Waals surface area contributed by atoms with Gasteiger partial charge in [-0.1, -0.05) is 45.2 Å². The van der Waals surface area contributed by atoms with Crippen LogP contribution in [0.4, 0.5) is 13.2 Å². The van der Waals surface area contributed by atoms with Crippen LogP contribution in [0.25, 0.3) is 0 Å². The maximum absolute atomic E-state index is 12.4. The molecule has 0 heterocycles. The Morgan fingerprint density at radius 1 is 1.06 bits per heavy atom. The Labute approximate surface area is 107 Å². The molecule has 0 spiro atoms. The fourth-order valence-electron chi connectivity index (χ4n) is 1.89. The molecule has 102 valence electrons. The van der Waals surface area contributed by atoms with E-state index >= 15 is 0 Å². The minimum atomic E-state index is -4.23. The van der Waals surface area contributed by atoms with E-state index < -0.39 is 11.7 Å². The molecule has 0 aliphatic rings. The maximum atomic E-state index is 12.4. The van der Waals surface area contributed by atoms with Gasteiger partial charge < -0.3 is 0 Å². The molecule has 1 atom stereocenters. The highest BCUT2D eigenvalue weighted by atomic mass is 19.4. The largest absolute Gasteiger partial charge is 0.416 e. The zero-order valence-electron chi connectivity index (χ0n) is 11.1. The number of hydrogen-bond donors (Lipinski definition) is 0. The molecule has 0 radical (unpaired) electrons. The van der Waals surface area contributed by atoms with Crippen LogP contribution in [0.2, 0.25) is 0 Å². The summed E-state index contributed by atoms with van der Waals surface area (Å²) in [4.78, 5) is 0. The first-order chi connectivity index (χ1) is 8.43. The van der Waals surface area contributed by atoms with Crippen LogP contribution in [0.5, 0.6) is 0 Å². The molecule has 1 aromatic carbocycles. The normalized spacial score (nSPS) is 13.6. The van der Waals surface area contributed by atoms with E-state index in [1.165, 1.54) is 25.0 Å². The molecule has 1 unspecified atom stereocenters. The van der Waals surface area contributed by atoms with E-state index in [9.17, 15) is 13.2 Å². The Balaban J connectivity index is 2.36. The van der Waals surface area contributed by atoms with Crippen LogP contribution in [-0.2, 0) is 12.6 Å². The highest BCUT2D eigenvalue weighted by Crippen LogP contribution is 2.29. The molecule has 18 heavy (non-hydrogen) atoms. The van der Waals surface area contributed by atoms with Crippen LogP contribution in [-0.4, -0.2) is 0 Å². The van der Waals surface area contributed by atoms with Crippen molar-refractivity contribution in [1.29, 1.82) is 0 Å². The van der Waals surface area contributed by atoms with E-state index in [1.54, 1.807) is 12.1 Å². The smallest absolute Gasteiger partial charge is 0.166 e. The molecule has 0 aliphatic carbocycles. The zero-order chi connectivity index (χ0) is 13.6. The standard InChI is InChI=1S/C15H21F3/c1-3-12(2)6-4-5-7-13-8-10-14(11-9-13)15(16,17)18/h8-12H,3-7H2,1-2H3. The number of unbranched alkanes of at least 4 members (excludes halogenated alkanes) is 1. The lowest BCUT2D eigenvalue weighted by molar-refractivity contribution is -0.137. The number of alkyl halides is 3. The third kappa shape index (κ3) is 5.11. The van der Waals surface area contributed by atoms with Gasteiger partial charge in [0, 0.05) is 0 Å². The Kier molecular flexibility index (Phi) is 5.70. The summed E-state index contributed by atoms with van der Waals surface area (Å²) >= 11 is 0. The highest BCUT2D eigenvalue weighted by molar-refractivity contribution is 5.24. The first-order valence-electron chi connectivity index (χ1n) is 6.59. The molecule has 0 fully saturated rings. The molecule has 0 aliphatic heterocycles. The lowest BCUT2D eigenvalue weighted by Crippen LogP contribution is -2.04. The summed E-state index contributed by atoms with van der Waals surface area (Å²) in [6.45, 7) is 4.42. The van der Waals surface area contributed by atoms with Crippen LogP contribution in [0, 0.1) is 5.92 Å². The summed E-state index contributed by atoms with van der Waals surface area (Å²) in [6, 6.07) is 5.52. The summed E-state index contributed by atoms with van der Waals surface area (Å²) in [5.74, 6) is 0.748. The first-order valence-corrected chi connectivity index (χ1v) is 6.59. The number of benzene rings is 1. The van der Waals surface area contributed by atoms with Crippen LogP contribution >= 0.6 is 0 Å². The summed E-state index contributed by atoms with van der Waals surface area (Å²) in [7, 11) is 0. The molecule has 1 aromatic rings. The second kappa shape index (κ2) is 6.81. The van der Waals surface area contributed by atoms with Crippen LogP contribution in [0.15, 0.2) is 24.3 Å². The number of aryl methyl sites for hydroxylation is 1. The van der Waals surface area contributed by atoms with E-state index in [-0.39, 0.29) is 0 Å². The van der Waals surface area contributed by atoms with E-state index in [2.05, 4.69) is 13.8 Å². The predicted molar refractivity (Wildman–Crippen MR) is 68.5 cm³/mol. The molecule has 0 aromatic heterocycles. The molecular formula is C15H21F3. The van der Waals surface area contributed by atoms with Gasteiger partial charge in [-0.2, -0.15) is 13.2 Å². The van der Waals surface area contributed by atoms with Crippen molar-refractivity contribution >= 4 is 0 Å². The van der Waals surface area contributed by atoms with Gasteiger partial charge in [0.15, 0.2) is 0 Å². The molecule has 0 nitrogen and oxygen atoms in total. The summed E-state index contributed by atoms with van der Waals surface area (Å²) in [6.07, 6.45) is 1.24. The third-order valence-electron chi connectivity index (χ3n) is 3.39. The van der Waals surface area contributed by atoms with Gasteiger partial charge in [-0.15, -0.1) is 0 Å². The topological polar surface area (TPSA) is 0 Å². The monoisotopic (exact) mass is 258 g/mol. The van der Waals surface area contributed by atoms with Crippen LogP contribution < -0.4 is 0 Å². The van der Waals surface area contributed by atoms with Crippen molar-refractivity contribution in [2.45, 2.75) is 52.1 Å². The van der Waals surface area contributed by atoms with Crippen LogP contribution in [0.1, 0.15) is 50.7 Å². The molecule has 0 N–H and O–H groups in total. The lowest BCUT2D eigenvalue weighted by atomic mass is 9.99. The van der Waals surface area contributed by atoms with Crippen molar-refractivity contribution < 1.29 is 13.2 Å². The number of rotatable bonds is 6. The van der Waals surface area contributed by atoms with E-state index in [4.69, 9.17) is 0 Å². The number of halogens is 3. The van der Waals surface area contributed by atoms with E-state index in [0.29, 0.717) is 0 Å². The minimum Gasteiger partial charge on any atom is -0.166 e. The molecule has 3 heteroatoms. The first kappa shape index (κ1) is 15.1. The van der Waals surface area contributed by atoms with E-state index in [0.717, 1.165) is 30.7 Å². The molecular weight excluding hydrogens is 237 g/mol. The lowest BCUT2D eigenvalue weighted by Gasteiger charge is -2.09. The van der Waals surface area contributed by atoms with Crippen LogP contribution in [0.3, 0.4) is 0 Å². The Hall–Kier alpha value is -0.990. The predicted octanol–water partition coefficient (Wildman–Crippen LogP) is 5.46. The maximum Gasteiger partial charge on any atom is 0.416 e. The average molecular weight is 258 g/mol. The summed E-state index contributed by atoms with van der Waals surface area (Å²) in [5.41, 5.74) is 0.429. The summed E-state index contributed by atoms with van der Waals surface area (Å²) < 4.78 is 37.1. The minimum absolute atomic E-state index is 0.564. The van der Waals surface area contributed by atoms with Gasteiger partial charge >= 0.3 is 6.18 Å². The van der Waals surface area contributed by atoms with Gasteiger partial charge in [-0.25, -0.2) is 0 Å². The fourth-order valence-corrected chi connectivity index (χ4v) is 1.89. The van der Waals surface area contributed by atoms with Gasteiger partial charge in [0.2, 0.25) is 0 Å².